The molecule has 129 heavy (non-hydrogen) atoms. The van der Waals surface area contributed by atoms with Crippen molar-refractivity contribution in [1.29, 1.82) is 0 Å². The Morgan fingerprint density at radius 2 is 0.798 bits per heavy atom. The number of methoxy groups -OCH3 is 1. The summed E-state index contributed by atoms with van der Waals surface area (Å²) in [5.74, 6) is -18.0. The Labute approximate surface area is 719 Å². The molecule has 0 aliphatic carbocycles. The maximum atomic E-state index is 13.5. The molecule has 0 atom stereocenters. The highest BCUT2D eigenvalue weighted by molar-refractivity contribution is 6.08. The number of nitro groups is 4. The molecule has 0 spiro atoms. The van der Waals surface area contributed by atoms with Crippen molar-refractivity contribution in [2.45, 2.75) is 52.7 Å². The fourth-order valence-corrected chi connectivity index (χ4v) is 11.0. The zero-order valence-electron chi connectivity index (χ0n) is 68.4. The van der Waals surface area contributed by atoms with Crippen molar-refractivity contribution in [3.05, 3.63) is 255 Å². The number of carboxylic acids is 1. The van der Waals surface area contributed by atoms with Gasteiger partial charge in [-0.15, -0.1) is 0 Å². The molecule has 0 saturated heterocycles. The van der Waals surface area contributed by atoms with Crippen LogP contribution in [0.1, 0.15) is 115 Å². The van der Waals surface area contributed by atoms with Crippen LogP contribution in [0.3, 0.4) is 0 Å². The monoisotopic (exact) mass is 1800 g/mol. The molecule has 45 nitrogen and oxygen atoms in total. The molecule has 6 aromatic heterocycles. The van der Waals surface area contributed by atoms with Gasteiger partial charge in [0.05, 0.1) is 68.8 Å². The summed E-state index contributed by atoms with van der Waals surface area (Å²) in [7, 11) is 1.27. The Hall–Kier alpha value is -17.6. The number of nitro benzene ring substituents is 4. The molecular formula is C79H78F5N23O22. The molecule has 13 rings (SSSR count). The van der Waals surface area contributed by atoms with Crippen LogP contribution in [0.5, 0.6) is 5.75 Å². The van der Waals surface area contributed by atoms with Gasteiger partial charge in [-0.25, -0.2) is 42.1 Å². The second-order valence-electron chi connectivity index (χ2n) is 28.4. The Balaban J connectivity index is 0.000000201. The van der Waals surface area contributed by atoms with E-state index in [1.807, 2.05) is 0 Å². The van der Waals surface area contributed by atoms with E-state index in [1.54, 1.807) is 114 Å². The number of hydrogen-bond acceptors (Lipinski definition) is 24. The van der Waals surface area contributed by atoms with Crippen molar-refractivity contribution in [3.8, 4) is 5.75 Å². The second kappa shape index (κ2) is 42.4. The first kappa shape index (κ1) is 96.8. The summed E-state index contributed by atoms with van der Waals surface area (Å²) >= 11 is 0. The minimum absolute atomic E-state index is 0.0190. The van der Waals surface area contributed by atoms with E-state index in [4.69, 9.17) is 43.2 Å². The van der Waals surface area contributed by atoms with Crippen molar-refractivity contribution in [1.82, 2.24) is 56.5 Å². The van der Waals surface area contributed by atoms with Crippen molar-refractivity contribution >= 4 is 159 Å². The lowest BCUT2D eigenvalue weighted by molar-refractivity contribution is -0.384. The van der Waals surface area contributed by atoms with E-state index < -0.39 is 107 Å². The first-order valence-electron chi connectivity index (χ1n) is 37.0. The van der Waals surface area contributed by atoms with Gasteiger partial charge in [-0.2, -0.15) is 8.78 Å². The van der Waals surface area contributed by atoms with E-state index in [0.29, 0.717) is 71.8 Å². The number of hydrogen-bond donors (Lipinski definition) is 18. The fraction of sp³-hybridized carbons (Fsp3) is 0.177. The van der Waals surface area contributed by atoms with Gasteiger partial charge >= 0.3 is 30.1 Å². The van der Waals surface area contributed by atoms with Crippen LogP contribution in [-0.4, -0.2) is 172 Å². The number of fused-ring (bicyclic) bond motifs is 6. The number of anilines is 1. The van der Waals surface area contributed by atoms with Gasteiger partial charge in [0.15, 0.2) is 11.9 Å². The van der Waals surface area contributed by atoms with E-state index in [9.17, 15) is 106 Å². The van der Waals surface area contributed by atoms with Crippen LogP contribution >= 0.6 is 0 Å². The molecule has 0 aliphatic heterocycles. The number of nitrogens with one attached hydrogen (secondary N) is 12. The SMILES string of the molecule is CC(C)(C)OC(=O)NCN.CC(C)(C)OC(=O)NCNC(=O)c1cc2ccc([N+](=O)[O-])cc2[nH]1.COC(=O)c1cc2ccc([N+](=O)[O-])cc2[nH]1.NC(N)=NCCNC(=O)c1ccc2[nH]c(C(=O)Nc3ccc4cc(C(=O)NCN=C(N)N)[nH]c4c3)cc2c1.O=C(O)c1cc2ccc([N+](=O)[O-])cc2[nH]1.O=C(Oc1c(F)c(F)c(F)c(F)c1F)c1cc2ccc([N+](=O)[O-])cc2[nH]1. The van der Waals surface area contributed by atoms with Crippen LogP contribution < -0.4 is 65.3 Å². The summed E-state index contributed by atoms with van der Waals surface area (Å²) in [6.45, 7) is 11.1. The highest BCUT2D eigenvalue weighted by Gasteiger charge is 2.30. The number of nitrogens with two attached hydrogens (primary N) is 5. The van der Waals surface area contributed by atoms with Gasteiger partial charge in [-0.3, -0.25) is 64.6 Å². The van der Waals surface area contributed by atoms with Gasteiger partial charge in [0.25, 0.3) is 46.4 Å². The molecule has 23 N–H and O–H groups in total. The molecule has 0 bridgehead atoms. The smallest absolute Gasteiger partial charge is 0.409 e. The summed E-state index contributed by atoms with van der Waals surface area (Å²) in [6.07, 6.45) is -1.12. The average Bonchev–Trinajstić information content (AvgIpc) is 1.59. The standard InChI is InChI=1S/C24H27N11O3.C15H5F5N2O4.C15H18N4O5.C10H8N2O4.C9H6N2O4.C6H14N2O2/c25-23(26)30-6-5-29-20(36)13-2-4-16-14(7-13)9-19(34-16)22(38)33-15-3-1-12-8-18(35-17(12)10-15)21(37)31-11-32-24(27)28;16-9-10(17)12(19)14(13(20)11(9)18)26-15(23)8-3-5-1-2-6(22(24)25)4-7(5)21-8;1-15(2,3)24-14(21)17-8-16-13(20)12-6-9-4-5-10(19(22)23)7-11(9)18-12;1-16-10(13)9-4-6-2-3-7(12(14)15)5-8(6)11-9;12-9(13)8-3-5-1-2-6(11(14)15)4-7(5)10-8;1-6(2,3)10-5(9)8-4-7/h1-4,7-10,34-35H,5-6,11H2,(H,29,36)(H,31,37)(H,33,38)(H4,25,26,30)(H4,27,28,32);1-4,21H;4-7,18H,8H2,1-3H3,(H,16,20)(H,17,21);2-5,11H,1H3;1-4,10H,(H,12,13);4,7H2,1-3H3,(H,8,9). The molecule has 50 heteroatoms. The van der Waals surface area contributed by atoms with Crippen molar-refractivity contribution < 1.29 is 109 Å². The molecular weight excluding hydrogens is 1720 g/mol. The number of rotatable bonds is 21. The number of ether oxygens (including phenoxy) is 4. The lowest BCUT2D eigenvalue weighted by atomic mass is 10.1. The predicted molar refractivity (Wildman–Crippen MR) is 455 cm³/mol. The van der Waals surface area contributed by atoms with E-state index >= 15 is 0 Å². The lowest BCUT2D eigenvalue weighted by Crippen LogP contribution is -2.40. The molecule has 6 amide bonds. The summed E-state index contributed by atoms with van der Waals surface area (Å²) < 4.78 is 85.0. The van der Waals surface area contributed by atoms with Crippen molar-refractivity contribution in [2.24, 2.45) is 38.7 Å². The number of aliphatic imine (C=N–C) groups is 2. The number of carbonyl (C=O) groups is 9. The molecule has 7 aromatic carbocycles. The van der Waals surface area contributed by atoms with Gasteiger partial charge in [-0.1, -0.05) is 6.07 Å². The number of amides is 6. The first-order valence-corrected chi connectivity index (χ1v) is 37.0. The minimum atomic E-state index is -2.39. The van der Waals surface area contributed by atoms with Crippen LogP contribution in [0.15, 0.2) is 156 Å². The van der Waals surface area contributed by atoms with Crippen molar-refractivity contribution in [3.63, 3.8) is 0 Å². The molecule has 676 valence electrons. The fourth-order valence-electron chi connectivity index (χ4n) is 11.0. The Morgan fingerprint density at radius 3 is 1.23 bits per heavy atom. The van der Waals surface area contributed by atoms with E-state index in [2.05, 4.69) is 81.3 Å². The number of aromatic amines is 6. The summed E-state index contributed by atoms with van der Waals surface area (Å²) in [5, 5.41) is 70.3. The van der Waals surface area contributed by atoms with Crippen LogP contribution in [0, 0.1) is 69.5 Å². The molecule has 6 heterocycles. The number of carboxylic acid groups (broad SMARTS) is 1. The predicted octanol–water partition coefficient (Wildman–Crippen LogP) is 10.2. The Kier molecular flexibility index (Phi) is 31.8. The normalized spacial score (nSPS) is 10.7. The molecule has 13 aromatic rings. The third-order valence-corrected chi connectivity index (χ3v) is 16.7. The maximum Gasteiger partial charge on any atom is 0.409 e. The van der Waals surface area contributed by atoms with Gasteiger partial charge in [0.1, 0.15) is 52.0 Å². The molecule has 0 fully saturated rings. The largest absolute Gasteiger partial charge is 0.477 e. The minimum Gasteiger partial charge on any atom is -0.477 e. The summed E-state index contributed by atoms with van der Waals surface area (Å²) in [6, 6.07) is 35.6. The van der Waals surface area contributed by atoms with Crippen LogP contribution in [0.25, 0.3) is 65.4 Å². The van der Waals surface area contributed by atoms with Crippen LogP contribution in [-0.2, 0) is 14.2 Å². The number of non-ortho nitro benzene ring substituents is 4. The van der Waals surface area contributed by atoms with Crippen molar-refractivity contribution in [2.75, 3.05) is 45.5 Å². The molecule has 0 saturated carbocycles. The van der Waals surface area contributed by atoms with Gasteiger partial charge < -0.3 is 115 Å². The lowest BCUT2D eigenvalue weighted by Gasteiger charge is -2.19. The van der Waals surface area contributed by atoms with Crippen LogP contribution in [0.2, 0.25) is 0 Å². The number of benzene rings is 7. The Morgan fingerprint density at radius 1 is 0.419 bits per heavy atom. The number of alkyl carbamates (subject to hydrolysis) is 2. The second-order valence-corrected chi connectivity index (χ2v) is 28.4. The molecule has 0 unspecified atom stereocenters. The summed E-state index contributed by atoms with van der Waals surface area (Å²) in [4.78, 5) is 170. The number of nitrogens with zero attached hydrogens (tertiary/aromatic N) is 6. The molecule has 0 aliphatic rings. The number of aromatic carboxylic acids is 1. The number of guanidine groups is 2. The third-order valence-electron chi connectivity index (χ3n) is 16.7. The van der Waals surface area contributed by atoms with Gasteiger partial charge in [0, 0.05) is 110 Å². The zero-order chi connectivity index (χ0) is 95.2. The van der Waals surface area contributed by atoms with Gasteiger partial charge in [0.2, 0.25) is 34.8 Å². The van der Waals surface area contributed by atoms with Crippen LogP contribution in [0.4, 0.5) is 60.0 Å². The van der Waals surface area contributed by atoms with E-state index in [-0.39, 0.29) is 108 Å². The third kappa shape index (κ3) is 27.2. The van der Waals surface area contributed by atoms with E-state index in [1.165, 1.54) is 61.7 Å². The van der Waals surface area contributed by atoms with Gasteiger partial charge in [-0.05, 0) is 133 Å². The Bertz CT molecular complexity index is 6530. The maximum absolute atomic E-state index is 13.5. The number of aromatic nitrogens is 6. The highest BCUT2D eigenvalue weighted by Crippen LogP contribution is 2.32. The highest BCUT2D eigenvalue weighted by atomic mass is 19.2. The van der Waals surface area contributed by atoms with E-state index in [0.717, 1.165) is 29.0 Å². The quantitative estimate of drug-likeness (QED) is 0.00258. The number of H-pyrrole nitrogens is 6. The number of esters is 2. The number of carbonyl (C=O) groups excluding carboxylic acids is 8. The molecule has 0 radical (unpaired) electrons. The average molecular weight is 1800 g/mol. The summed E-state index contributed by atoms with van der Waals surface area (Å²) in [5.41, 5.74) is 29.2. The number of halogens is 5. The zero-order valence-corrected chi connectivity index (χ0v) is 68.4. The first-order chi connectivity index (χ1) is 60.7. The topological polar surface area (TPSA) is 705 Å².